The van der Waals surface area contributed by atoms with Crippen molar-refractivity contribution in [2.24, 2.45) is 4.99 Å². The molecule has 6 nitrogen and oxygen atoms in total. The van der Waals surface area contributed by atoms with Gasteiger partial charge in [-0.25, -0.2) is 4.99 Å². The highest BCUT2D eigenvalue weighted by atomic mass is 16.5. The number of nitrogens with zero attached hydrogens (tertiary/aromatic N) is 1. The molecule has 1 aliphatic rings. The van der Waals surface area contributed by atoms with Crippen LogP contribution in [-0.4, -0.2) is 26.3 Å². The first-order valence-corrected chi connectivity index (χ1v) is 7.17. The molecular weight excluding hydrogens is 294 g/mol. The quantitative estimate of drug-likeness (QED) is 0.849. The molecule has 2 aromatic rings. The monoisotopic (exact) mass is 313 g/mol. The van der Waals surface area contributed by atoms with E-state index in [1.807, 2.05) is 31.2 Å². The Balaban J connectivity index is 1.88. The van der Waals surface area contributed by atoms with E-state index in [9.17, 15) is 0 Å². The summed E-state index contributed by atoms with van der Waals surface area (Å²) in [6.07, 6.45) is 1.76. The summed E-state index contributed by atoms with van der Waals surface area (Å²) in [4.78, 5) is 4.47. The van der Waals surface area contributed by atoms with E-state index in [1.165, 1.54) is 0 Å². The number of nitrogen functional groups attached to an aromatic ring is 1. The SMILES string of the molecule is COc1cc2c(cc1OC)NC(C)(Oc1ccc(N)cc1)N=C2. The van der Waals surface area contributed by atoms with E-state index in [4.69, 9.17) is 19.9 Å². The minimum Gasteiger partial charge on any atom is -0.493 e. The van der Waals surface area contributed by atoms with Crippen molar-refractivity contribution >= 4 is 17.6 Å². The van der Waals surface area contributed by atoms with Crippen molar-refractivity contribution < 1.29 is 14.2 Å². The Morgan fingerprint density at radius 3 is 2.35 bits per heavy atom. The van der Waals surface area contributed by atoms with Crippen LogP contribution in [0.1, 0.15) is 12.5 Å². The Morgan fingerprint density at radius 1 is 1.04 bits per heavy atom. The molecule has 1 atom stereocenters. The van der Waals surface area contributed by atoms with Crippen LogP contribution in [0.4, 0.5) is 11.4 Å². The smallest absolute Gasteiger partial charge is 0.275 e. The van der Waals surface area contributed by atoms with Crippen molar-refractivity contribution in [1.82, 2.24) is 0 Å². The van der Waals surface area contributed by atoms with E-state index in [2.05, 4.69) is 10.3 Å². The lowest BCUT2D eigenvalue weighted by atomic mass is 10.1. The molecule has 0 spiro atoms. The van der Waals surface area contributed by atoms with Gasteiger partial charge in [0.2, 0.25) is 0 Å². The van der Waals surface area contributed by atoms with E-state index in [0.29, 0.717) is 22.9 Å². The summed E-state index contributed by atoms with van der Waals surface area (Å²) in [6, 6.07) is 10.9. The van der Waals surface area contributed by atoms with Crippen molar-refractivity contribution in [2.45, 2.75) is 12.8 Å². The van der Waals surface area contributed by atoms with Gasteiger partial charge >= 0.3 is 0 Å². The molecule has 120 valence electrons. The molecule has 2 aromatic carbocycles. The van der Waals surface area contributed by atoms with E-state index >= 15 is 0 Å². The zero-order chi connectivity index (χ0) is 16.4. The number of methoxy groups -OCH3 is 2. The molecule has 0 radical (unpaired) electrons. The second-order valence-corrected chi connectivity index (χ2v) is 5.33. The zero-order valence-electron chi connectivity index (χ0n) is 13.3. The van der Waals surface area contributed by atoms with Gasteiger partial charge in [-0.15, -0.1) is 0 Å². The molecule has 0 bridgehead atoms. The predicted octanol–water partition coefficient (Wildman–Crippen LogP) is 2.88. The maximum absolute atomic E-state index is 5.95. The third kappa shape index (κ3) is 3.01. The van der Waals surface area contributed by atoms with Gasteiger partial charge in [0.25, 0.3) is 5.85 Å². The fourth-order valence-corrected chi connectivity index (χ4v) is 2.40. The number of benzene rings is 2. The van der Waals surface area contributed by atoms with Crippen LogP contribution >= 0.6 is 0 Å². The first-order chi connectivity index (χ1) is 11.0. The molecule has 1 unspecified atom stereocenters. The summed E-state index contributed by atoms with van der Waals surface area (Å²) < 4.78 is 16.6. The van der Waals surface area contributed by atoms with Crippen LogP contribution in [0.3, 0.4) is 0 Å². The lowest BCUT2D eigenvalue weighted by Crippen LogP contribution is -2.41. The Hall–Kier alpha value is -2.89. The minimum absolute atomic E-state index is 0.642. The highest BCUT2D eigenvalue weighted by molar-refractivity contribution is 5.91. The number of ether oxygens (including phenoxy) is 3. The molecule has 0 amide bonds. The zero-order valence-corrected chi connectivity index (χ0v) is 13.3. The van der Waals surface area contributed by atoms with Gasteiger partial charge in [0.15, 0.2) is 11.5 Å². The summed E-state index contributed by atoms with van der Waals surface area (Å²) in [5.41, 5.74) is 8.13. The number of nitrogens with two attached hydrogens (primary N) is 1. The Bertz CT molecular complexity index is 743. The largest absolute Gasteiger partial charge is 0.493 e. The van der Waals surface area contributed by atoms with Crippen molar-refractivity contribution in [3.05, 3.63) is 42.0 Å². The number of aliphatic imine (C=N–C) groups is 1. The Morgan fingerprint density at radius 2 is 1.70 bits per heavy atom. The predicted molar refractivity (Wildman–Crippen MR) is 90.7 cm³/mol. The van der Waals surface area contributed by atoms with Crippen LogP contribution < -0.4 is 25.3 Å². The van der Waals surface area contributed by atoms with Gasteiger partial charge < -0.3 is 25.3 Å². The van der Waals surface area contributed by atoms with Crippen molar-refractivity contribution in [3.8, 4) is 17.2 Å². The number of nitrogens with one attached hydrogen (secondary N) is 1. The molecule has 0 fully saturated rings. The van der Waals surface area contributed by atoms with Crippen LogP contribution in [-0.2, 0) is 0 Å². The summed E-state index contributed by atoms with van der Waals surface area (Å²) in [5.74, 6) is 1.06. The average molecular weight is 313 g/mol. The molecule has 3 N–H and O–H groups in total. The number of anilines is 2. The topological polar surface area (TPSA) is 78.1 Å². The van der Waals surface area contributed by atoms with E-state index in [1.54, 1.807) is 32.6 Å². The number of rotatable bonds is 4. The van der Waals surface area contributed by atoms with Crippen LogP contribution in [0.25, 0.3) is 0 Å². The summed E-state index contributed by atoms with van der Waals surface area (Å²) in [5, 5.41) is 3.28. The van der Waals surface area contributed by atoms with Crippen molar-refractivity contribution in [2.75, 3.05) is 25.3 Å². The second-order valence-electron chi connectivity index (χ2n) is 5.33. The summed E-state index contributed by atoms with van der Waals surface area (Å²) in [7, 11) is 3.21. The molecule has 3 rings (SSSR count). The molecule has 0 aromatic heterocycles. The van der Waals surface area contributed by atoms with Gasteiger partial charge in [-0.3, -0.25) is 0 Å². The average Bonchev–Trinajstić information content (AvgIpc) is 2.55. The molecular formula is C17H19N3O3. The van der Waals surface area contributed by atoms with Gasteiger partial charge in [0.05, 0.1) is 19.9 Å². The van der Waals surface area contributed by atoms with E-state index in [0.717, 1.165) is 11.3 Å². The first kappa shape index (κ1) is 15.0. The maximum Gasteiger partial charge on any atom is 0.275 e. The number of hydrogen-bond donors (Lipinski definition) is 2. The fourth-order valence-electron chi connectivity index (χ4n) is 2.40. The Labute approximate surface area is 134 Å². The maximum atomic E-state index is 5.95. The summed E-state index contributed by atoms with van der Waals surface area (Å²) in [6.45, 7) is 1.85. The first-order valence-electron chi connectivity index (χ1n) is 7.17. The molecule has 0 aliphatic carbocycles. The normalized spacial score (nSPS) is 18.7. The minimum atomic E-state index is -0.914. The summed E-state index contributed by atoms with van der Waals surface area (Å²) >= 11 is 0. The van der Waals surface area contributed by atoms with Crippen LogP contribution in [0, 0.1) is 0 Å². The molecule has 1 heterocycles. The van der Waals surface area contributed by atoms with E-state index in [-0.39, 0.29) is 0 Å². The second kappa shape index (κ2) is 5.72. The lowest BCUT2D eigenvalue weighted by molar-refractivity contribution is 0.129. The third-order valence-electron chi connectivity index (χ3n) is 3.57. The van der Waals surface area contributed by atoms with Crippen LogP contribution in [0.2, 0.25) is 0 Å². The van der Waals surface area contributed by atoms with Gasteiger partial charge in [-0.05, 0) is 30.3 Å². The van der Waals surface area contributed by atoms with Gasteiger partial charge in [-0.1, -0.05) is 0 Å². The lowest BCUT2D eigenvalue weighted by Gasteiger charge is -2.32. The third-order valence-corrected chi connectivity index (χ3v) is 3.57. The highest BCUT2D eigenvalue weighted by Gasteiger charge is 2.29. The number of fused-ring (bicyclic) bond motifs is 1. The van der Waals surface area contributed by atoms with Crippen molar-refractivity contribution in [1.29, 1.82) is 0 Å². The molecule has 1 aliphatic heterocycles. The molecule has 6 heteroatoms. The van der Waals surface area contributed by atoms with Gasteiger partial charge in [-0.2, -0.15) is 0 Å². The molecule has 23 heavy (non-hydrogen) atoms. The van der Waals surface area contributed by atoms with E-state index < -0.39 is 5.85 Å². The number of hydrogen-bond acceptors (Lipinski definition) is 6. The molecule has 0 saturated heterocycles. The fraction of sp³-hybridized carbons (Fsp3) is 0.235. The standard InChI is InChI=1S/C17H19N3O3/c1-17(23-13-6-4-12(18)5-7-13)19-10-11-8-15(21-2)16(22-3)9-14(11)20-17/h4-10,20H,18H2,1-3H3. The van der Waals surface area contributed by atoms with Crippen LogP contribution in [0.15, 0.2) is 41.4 Å². The van der Waals surface area contributed by atoms with Crippen LogP contribution in [0.5, 0.6) is 17.2 Å². The van der Waals surface area contributed by atoms with Gasteiger partial charge in [0, 0.05) is 30.5 Å². The van der Waals surface area contributed by atoms with Crippen molar-refractivity contribution in [3.63, 3.8) is 0 Å². The van der Waals surface area contributed by atoms with Gasteiger partial charge in [0.1, 0.15) is 5.75 Å². The Kier molecular flexibility index (Phi) is 3.73. The highest BCUT2D eigenvalue weighted by Crippen LogP contribution is 2.36. The molecule has 0 saturated carbocycles.